The van der Waals surface area contributed by atoms with Crippen molar-refractivity contribution in [3.63, 3.8) is 0 Å². The number of likely N-dealkylation sites (N-methyl/N-ethyl adjacent to an activating group) is 1. The first kappa shape index (κ1) is 17.9. The molecule has 2 heterocycles. The maximum absolute atomic E-state index is 11.9. The maximum atomic E-state index is 11.9. The molecule has 0 spiro atoms. The third-order valence-electron chi connectivity index (χ3n) is 4.58. The molecule has 0 aromatic heterocycles. The minimum Gasteiger partial charge on any atom is -0.481 e. The van der Waals surface area contributed by atoms with E-state index in [1.807, 2.05) is 18.8 Å². The summed E-state index contributed by atoms with van der Waals surface area (Å²) < 4.78 is 0. The molecule has 0 aromatic rings. The van der Waals surface area contributed by atoms with Crippen LogP contribution in [0.1, 0.15) is 32.1 Å². The molecule has 2 N–H and O–H groups in total. The van der Waals surface area contributed by atoms with Gasteiger partial charge in [-0.25, -0.2) is 4.79 Å². The van der Waals surface area contributed by atoms with E-state index in [0.717, 1.165) is 25.0 Å². The number of carbonyl (C=O) groups is 3. The second kappa shape index (κ2) is 7.90. The van der Waals surface area contributed by atoms with Crippen molar-refractivity contribution in [2.45, 2.75) is 49.4 Å². The molecular weight excluding hydrogens is 318 g/mol. The van der Waals surface area contributed by atoms with Gasteiger partial charge >= 0.3 is 12.0 Å². The second-order valence-corrected chi connectivity index (χ2v) is 7.51. The Kier molecular flexibility index (Phi) is 6.15. The summed E-state index contributed by atoms with van der Waals surface area (Å²) in [6.45, 7) is 0.259. The van der Waals surface area contributed by atoms with Gasteiger partial charge in [0.15, 0.2) is 0 Å². The zero-order valence-corrected chi connectivity index (χ0v) is 14.5. The number of nitrogens with one attached hydrogen (secondary N) is 1. The molecule has 130 valence electrons. The Morgan fingerprint density at radius 2 is 2.13 bits per heavy atom. The quantitative estimate of drug-likeness (QED) is 0.507. The summed E-state index contributed by atoms with van der Waals surface area (Å²) in [5.74, 6) is 0.0711. The first-order chi connectivity index (χ1) is 10.9. The van der Waals surface area contributed by atoms with Gasteiger partial charge in [-0.05, 0) is 12.8 Å². The van der Waals surface area contributed by atoms with Crippen molar-refractivity contribution in [3.05, 3.63) is 0 Å². The number of aliphatic carboxylic acids is 1. The highest BCUT2D eigenvalue weighted by Crippen LogP contribution is 2.36. The Bertz CT molecular complexity index is 474. The van der Waals surface area contributed by atoms with Gasteiger partial charge in [0.25, 0.3) is 0 Å². The van der Waals surface area contributed by atoms with Crippen molar-refractivity contribution in [2.75, 3.05) is 26.4 Å². The van der Waals surface area contributed by atoms with Gasteiger partial charge in [-0.15, -0.1) is 0 Å². The highest BCUT2D eigenvalue weighted by atomic mass is 32.2. The topological polar surface area (TPSA) is 90.0 Å². The number of rotatable bonds is 8. The van der Waals surface area contributed by atoms with Crippen molar-refractivity contribution in [2.24, 2.45) is 0 Å². The van der Waals surface area contributed by atoms with Crippen molar-refractivity contribution >= 4 is 29.7 Å². The van der Waals surface area contributed by atoms with Crippen LogP contribution < -0.4 is 5.32 Å². The molecule has 2 aliphatic heterocycles. The Morgan fingerprint density at radius 3 is 2.83 bits per heavy atom. The fraction of sp³-hybridized carbons (Fsp3) is 0.800. The Balaban J connectivity index is 1.65. The molecule has 7 nitrogen and oxygen atoms in total. The average molecular weight is 343 g/mol. The minimum atomic E-state index is -0.888. The second-order valence-electron chi connectivity index (χ2n) is 6.23. The van der Waals surface area contributed by atoms with E-state index >= 15 is 0 Å². The van der Waals surface area contributed by atoms with Crippen molar-refractivity contribution in [1.82, 2.24) is 15.1 Å². The lowest BCUT2D eigenvalue weighted by molar-refractivity contribution is -0.138. The van der Waals surface area contributed by atoms with E-state index in [0.29, 0.717) is 11.7 Å². The number of carbonyl (C=O) groups excluding carboxylic acids is 2. The monoisotopic (exact) mass is 343 g/mol. The first-order valence-electron chi connectivity index (χ1n) is 8.01. The van der Waals surface area contributed by atoms with Crippen LogP contribution in [0.15, 0.2) is 0 Å². The summed E-state index contributed by atoms with van der Waals surface area (Å²) in [4.78, 5) is 37.3. The average Bonchev–Trinajstić information content (AvgIpc) is 3.02. The van der Waals surface area contributed by atoms with E-state index in [1.165, 1.54) is 4.90 Å². The summed E-state index contributed by atoms with van der Waals surface area (Å²) in [5, 5.41) is 12.1. The van der Waals surface area contributed by atoms with Gasteiger partial charge in [0.2, 0.25) is 5.91 Å². The van der Waals surface area contributed by atoms with Crippen molar-refractivity contribution in [3.8, 4) is 0 Å². The molecule has 2 fully saturated rings. The van der Waals surface area contributed by atoms with Gasteiger partial charge in [0.1, 0.15) is 0 Å². The zero-order valence-electron chi connectivity index (χ0n) is 13.7. The van der Waals surface area contributed by atoms with Crippen LogP contribution in [-0.2, 0) is 9.59 Å². The highest BCUT2D eigenvalue weighted by molar-refractivity contribution is 8.00. The molecule has 3 amide bonds. The van der Waals surface area contributed by atoms with Gasteiger partial charge in [-0.3, -0.25) is 9.59 Å². The molecule has 8 heteroatoms. The maximum Gasteiger partial charge on any atom is 0.317 e. The van der Waals surface area contributed by atoms with Gasteiger partial charge < -0.3 is 20.2 Å². The van der Waals surface area contributed by atoms with E-state index in [-0.39, 0.29) is 37.0 Å². The lowest BCUT2D eigenvalue weighted by Gasteiger charge is -2.23. The molecule has 0 aliphatic carbocycles. The third kappa shape index (κ3) is 4.53. The number of carboxylic acids is 1. The molecule has 2 saturated heterocycles. The first-order valence-corrected chi connectivity index (χ1v) is 9.05. The van der Waals surface area contributed by atoms with Crippen LogP contribution in [0.4, 0.5) is 4.79 Å². The summed E-state index contributed by atoms with van der Waals surface area (Å²) >= 11 is 1.90. The highest BCUT2D eigenvalue weighted by Gasteiger charge is 2.46. The van der Waals surface area contributed by atoms with Crippen LogP contribution in [0.2, 0.25) is 0 Å². The zero-order chi connectivity index (χ0) is 17.0. The number of fused-ring (bicyclic) bond motifs is 1. The molecule has 0 saturated carbocycles. The number of amides is 3. The molecule has 0 unspecified atom stereocenters. The molecule has 3 atom stereocenters. The molecule has 23 heavy (non-hydrogen) atoms. The van der Waals surface area contributed by atoms with Crippen molar-refractivity contribution in [1.29, 1.82) is 0 Å². The fourth-order valence-corrected chi connectivity index (χ4v) is 4.82. The SMILES string of the molecule is CN(CCC(=O)O)C(=O)CCCC[C@@H]1SC[C@@H]2NC(=O)N(C)[C@@H]21. The fourth-order valence-electron chi connectivity index (χ4n) is 3.18. The van der Waals surface area contributed by atoms with Crippen molar-refractivity contribution < 1.29 is 19.5 Å². The van der Waals surface area contributed by atoms with E-state index in [9.17, 15) is 14.4 Å². The summed E-state index contributed by atoms with van der Waals surface area (Å²) in [5.41, 5.74) is 0. The molecular formula is C15H25N3O4S. The largest absolute Gasteiger partial charge is 0.481 e. The summed E-state index contributed by atoms with van der Waals surface area (Å²) in [6.07, 6.45) is 3.18. The number of urea groups is 1. The normalized spacial score (nSPS) is 26.1. The number of hydrogen-bond acceptors (Lipinski definition) is 4. The smallest absolute Gasteiger partial charge is 0.317 e. The van der Waals surface area contributed by atoms with Crippen LogP contribution in [0.5, 0.6) is 0 Å². The van der Waals surface area contributed by atoms with Crippen LogP contribution >= 0.6 is 11.8 Å². The summed E-state index contributed by atoms with van der Waals surface area (Å²) in [6, 6.07) is 0.535. The standard InChI is InChI=1S/C15H25N3O4S/c1-17(8-7-13(20)21)12(19)6-4-3-5-11-14-10(9-23-11)16-15(22)18(14)2/h10-11,14H,3-9H2,1-2H3,(H,16,22)(H,20,21)/t10-,11-,14-/m0/s1. The molecule has 2 aliphatic rings. The van der Waals surface area contributed by atoms with Gasteiger partial charge in [-0.1, -0.05) is 6.42 Å². The number of hydrogen-bond donors (Lipinski definition) is 2. The Morgan fingerprint density at radius 1 is 1.39 bits per heavy atom. The predicted molar refractivity (Wildman–Crippen MR) is 88.5 cm³/mol. The predicted octanol–water partition coefficient (Wildman–Crippen LogP) is 0.988. The van der Waals surface area contributed by atoms with E-state index < -0.39 is 5.97 Å². The van der Waals surface area contributed by atoms with Crippen LogP contribution in [0, 0.1) is 0 Å². The third-order valence-corrected chi connectivity index (χ3v) is 6.07. The molecule has 2 rings (SSSR count). The minimum absolute atomic E-state index is 0.00182. The van der Waals surface area contributed by atoms with Gasteiger partial charge in [0, 0.05) is 38.1 Å². The van der Waals surface area contributed by atoms with E-state index in [1.54, 1.807) is 11.9 Å². The lowest BCUT2D eigenvalue weighted by Crippen LogP contribution is -2.38. The van der Waals surface area contributed by atoms with Crippen LogP contribution in [-0.4, -0.2) is 76.5 Å². The number of carboxylic acid groups (broad SMARTS) is 1. The van der Waals surface area contributed by atoms with E-state index in [2.05, 4.69) is 5.32 Å². The van der Waals surface area contributed by atoms with E-state index in [4.69, 9.17) is 5.11 Å². The number of unbranched alkanes of at least 4 members (excludes halogenated alkanes) is 1. The number of nitrogens with zero attached hydrogens (tertiary/aromatic N) is 2. The number of thioether (sulfide) groups is 1. The molecule has 0 bridgehead atoms. The van der Waals surface area contributed by atoms with Crippen LogP contribution in [0.3, 0.4) is 0 Å². The lowest BCUT2D eigenvalue weighted by atomic mass is 10.0. The van der Waals surface area contributed by atoms with Gasteiger partial charge in [-0.2, -0.15) is 11.8 Å². The Labute approximate surface area is 140 Å². The molecule has 0 aromatic carbocycles. The van der Waals surface area contributed by atoms with Crippen LogP contribution in [0.25, 0.3) is 0 Å². The summed E-state index contributed by atoms with van der Waals surface area (Å²) in [7, 11) is 3.49. The molecule has 0 radical (unpaired) electrons. The Hall–Kier alpha value is -1.44. The van der Waals surface area contributed by atoms with Gasteiger partial charge in [0.05, 0.1) is 18.5 Å².